The molecule has 0 radical (unpaired) electrons. The van der Waals surface area contributed by atoms with Crippen molar-refractivity contribution in [2.75, 3.05) is 0 Å². The fourth-order valence-electron chi connectivity index (χ4n) is 1.90. The third-order valence-electron chi connectivity index (χ3n) is 2.65. The predicted molar refractivity (Wildman–Crippen MR) is 59.5 cm³/mol. The third-order valence-corrected chi connectivity index (χ3v) is 2.65. The molecule has 0 saturated heterocycles. The number of aliphatic hydroxyl groups is 1. The lowest BCUT2D eigenvalue weighted by atomic mass is 10.1. The van der Waals surface area contributed by atoms with Gasteiger partial charge in [-0.25, -0.2) is 0 Å². The first-order valence-corrected chi connectivity index (χ1v) is 4.83. The standard InChI is InChI=1S/C12H10N2O/c15-7-8-1-2-11-10(5-8)9-3-4-13-6-12(9)14-11/h1-6,14-15H,7H2. The number of nitrogens with zero attached hydrogens (tertiary/aromatic N) is 1. The van der Waals surface area contributed by atoms with Crippen molar-refractivity contribution in [2.24, 2.45) is 0 Å². The van der Waals surface area contributed by atoms with Crippen LogP contribution in [0.15, 0.2) is 36.7 Å². The number of aliphatic hydroxyl groups excluding tert-OH is 1. The zero-order valence-electron chi connectivity index (χ0n) is 8.07. The minimum absolute atomic E-state index is 0.0771. The van der Waals surface area contributed by atoms with Gasteiger partial charge in [-0.05, 0) is 23.8 Å². The molecule has 0 bridgehead atoms. The van der Waals surface area contributed by atoms with E-state index in [1.54, 1.807) is 6.20 Å². The zero-order chi connectivity index (χ0) is 10.3. The number of pyridine rings is 1. The molecule has 1 aromatic carbocycles. The van der Waals surface area contributed by atoms with Crippen molar-refractivity contribution in [3.8, 4) is 0 Å². The first kappa shape index (κ1) is 8.44. The highest BCUT2D eigenvalue weighted by Crippen LogP contribution is 2.25. The maximum atomic E-state index is 9.08. The number of aromatic nitrogens is 2. The fraction of sp³-hybridized carbons (Fsp3) is 0.0833. The summed E-state index contributed by atoms with van der Waals surface area (Å²) in [5, 5.41) is 11.4. The molecule has 0 aliphatic rings. The number of fused-ring (bicyclic) bond motifs is 3. The quantitative estimate of drug-likeness (QED) is 0.629. The molecule has 3 rings (SSSR count). The highest BCUT2D eigenvalue weighted by atomic mass is 16.3. The SMILES string of the molecule is OCc1ccc2[nH]c3cnccc3c2c1. The molecule has 3 aromatic rings. The average Bonchev–Trinajstić information content (AvgIpc) is 2.66. The van der Waals surface area contributed by atoms with E-state index in [0.29, 0.717) is 0 Å². The van der Waals surface area contributed by atoms with Crippen LogP contribution in [-0.2, 0) is 6.61 Å². The van der Waals surface area contributed by atoms with Crippen molar-refractivity contribution in [1.82, 2.24) is 9.97 Å². The number of benzene rings is 1. The summed E-state index contributed by atoms with van der Waals surface area (Å²) < 4.78 is 0. The van der Waals surface area contributed by atoms with Gasteiger partial charge in [0.15, 0.2) is 0 Å². The van der Waals surface area contributed by atoms with Crippen LogP contribution in [0.5, 0.6) is 0 Å². The van der Waals surface area contributed by atoms with Crippen LogP contribution < -0.4 is 0 Å². The molecule has 0 atom stereocenters. The molecule has 0 spiro atoms. The molecule has 0 saturated carbocycles. The fourth-order valence-corrected chi connectivity index (χ4v) is 1.90. The van der Waals surface area contributed by atoms with Crippen LogP contribution in [0, 0.1) is 0 Å². The van der Waals surface area contributed by atoms with Gasteiger partial charge < -0.3 is 10.1 Å². The second kappa shape index (κ2) is 3.07. The number of hydrogen-bond donors (Lipinski definition) is 2. The summed E-state index contributed by atoms with van der Waals surface area (Å²) >= 11 is 0. The summed E-state index contributed by atoms with van der Waals surface area (Å²) in [6.45, 7) is 0.0771. The maximum Gasteiger partial charge on any atom is 0.0682 e. The van der Waals surface area contributed by atoms with E-state index in [1.165, 1.54) is 0 Å². The molecule has 0 aliphatic carbocycles. The molecule has 0 unspecified atom stereocenters. The molecule has 0 fully saturated rings. The lowest BCUT2D eigenvalue weighted by Gasteiger charge is -1.95. The van der Waals surface area contributed by atoms with Gasteiger partial charge in [-0.2, -0.15) is 0 Å². The average molecular weight is 198 g/mol. The summed E-state index contributed by atoms with van der Waals surface area (Å²) in [6, 6.07) is 7.90. The molecule has 2 aromatic heterocycles. The number of H-pyrrole nitrogens is 1. The summed E-state index contributed by atoms with van der Waals surface area (Å²) in [5.41, 5.74) is 3.04. The Morgan fingerprint density at radius 3 is 2.93 bits per heavy atom. The molecule has 3 heteroatoms. The monoisotopic (exact) mass is 198 g/mol. The van der Waals surface area contributed by atoms with Crippen LogP contribution in [0.4, 0.5) is 0 Å². The van der Waals surface area contributed by atoms with Crippen LogP contribution in [-0.4, -0.2) is 15.1 Å². The van der Waals surface area contributed by atoms with Gasteiger partial charge in [0, 0.05) is 22.5 Å². The van der Waals surface area contributed by atoms with E-state index in [9.17, 15) is 0 Å². The van der Waals surface area contributed by atoms with Crippen LogP contribution in [0.1, 0.15) is 5.56 Å². The summed E-state index contributed by atoms with van der Waals surface area (Å²) in [4.78, 5) is 7.36. The Balaban J connectivity index is 2.46. The lowest BCUT2D eigenvalue weighted by molar-refractivity contribution is 0.282. The minimum Gasteiger partial charge on any atom is -0.392 e. The molecule has 0 amide bonds. The molecule has 2 heterocycles. The Labute approximate surface area is 86.4 Å². The van der Waals surface area contributed by atoms with Gasteiger partial charge >= 0.3 is 0 Å². The number of nitrogens with one attached hydrogen (secondary N) is 1. The van der Waals surface area contributed by atoms with Gasteiger partial charge in [-0.3, -0.25) is 4.98 Å². The Hall–Kier alpha value is -1.87. The Kier molecular flexibility index (Phi) is 1.73. The molecule has 2 N–H and O–H groups in total. The normalized spacial score (nSPS) is 11.3. The van der Waals surface area contributed by atoms with Crippen LogP contribution >= 0.6 is 0 Å². The van der Waals surface area contributed by atoms with Crippen LogP contribution in [0.25, 0.3) is 21.8 Å². The number of hydrogen-bond acceptors (Lipinski definition) is 2. The van der Waals surface area contributed by atoms with Crippen molar-refractivity contribution in [1.29, 1.82) is 0 Å². The molecular weight excluding hydrogens is 188 g/mol. The van der Waals surface area contributed by atoms with Crippen molar-refractivity contribution in [3.05, 3.63) is 42.2 Å². The van der Waals surface area contributed by atoms with E-state index < -0.39 is 0 Å². The maximum absolute atomic E-state index is 9.08. The van der Waals surface area contributed by atoms with Gasteiger partial charge in [0.25, 0.3) is 0 Å². The summed E-state index contributed by atoms with van der Waals surface area (Å²) in [7, 11) is 0. The summed E-state index contributed by atoms with van der Waals surface area (Å²) in [5.74, 6) is 0. The first-order valence-electron chi connectivity index (χ1n) is 4.83. The first-order chi connectivity index (χ1) is 7.38. The topological polar surface area (TPSA) is 48.9 Å². The van der Waals surface area contributed by atoms with Gasteiger partial charge in [0.1, 0.15) is 0 Å². The van der Waals surface area contributed by atoms with E-state index in [0.717, 1.165) is 27.4 Å². The highest BCUT2D eigenvalue weighted by Gasteiger charge is 2.03. The minimum atomic E-state index is 0.0771. The van der Waals surface area contributed by atoms with E-state index in [2.05, 4.69) is 9.97 Å². The van der Waals surface area contributed by atoms with Gasteiger partial charge in [-0.15, -0.1) is 0 Å². The van der Waals surface area contributed by atoms with E-state index in [1.807, 2.05) is 30.5 Å². The number of rotatable bonds is 1. The van der Waals surface area contributed by atoms with Crippen LogP contribution in [0.2, 0.25) is 0 Å². The zero-order valence-corrected chi connectivity index (χ0v) is 8.07. The largest absolute Gasteiger partial charge is 0.392 e. The predicted octanol–water partition coefficient (Wildman–Crippen LogP) is 2.21. The van der Waals surface area contributed by atoms with Crippen molar-refractivity contribution in [3.63, 3.8) is 0 Å². The Morgan fingerprint density at radius 1 is 1.13 bits per heavy atom. The van der Waals surface area contributed by atoms with Gasteiger partial charge in [-0.1, -0.05) is 6.07 Å². The van der Waals surface area contributed by atoms with Crippen molar-refractivity contribution in [2.45, 2.75) is 6.61 Å². The Bertz CT molecular complexity index is 628. The molecule has 0 aliphatic heterocycles. The van der Waals surface area contributed by atoms with Crippen molar-refractivity contribution < 1.29 is 5.11 Å². The lowest BCUT2D eigenvalue weighted by Crippen LogP contribution is -1.80. The Morgan fingerprint density at radius 2 is 2.07 bits per heavy atom. The number of aromatic amines is 1. The van der Waals surface area contributed by atoms with E-state index >= 15 is 0 Å². The molecule has 74 valence electrons. The molecule has 3 nitrogen and oxygen atoms in total. The van der Waals surface area contributed by atoms with Crippen LogP contribution in [0.3, 0.4) is 0 Å². The summed E-state index contributed by atoms with van der Waals surface area (Å²) in [6.07, 6.45) is 3.59. The van der Waals surface area contributed by atoms with Crippen molar-refractivity contribution >= 4 is 21.8 Å². The molecular formula is C12H10N2O. The van der Waals surface area contributed by atoms with Gasteiger partial charge in [0.2, 0.25) is 0 Å². The highest BCUT2D eigenvalue weighted by molar-refractivity contribution is 6.06. The van der Waals surface area contributed by atoms with Gasteiger partial charge in [0.05, 0.1) is 18.3 Å². The second-order valence-electron chi connectivity index (χ2n) is 3.58. The molecule has 15 heavy (non-hydrogen) atoms. The second-order valence-corrected chi connectivity index (χ2v) is 3.58. The third kappa shape index (κ3) is 1.21. The van der Waals surface area contributed by atoms with E-state index in [-0.39, 0.29) is 6.61 Å². The van der Waals surface area contributed by atoms with E-state index in [4.69, 9.17) is 5.11 Å². The smallest absolute Gasteiger partial charge is 0.0682 e.